The lowest BCUT2D eigenvalue weighted by Crippen LogP contribution is -2.34. The van der Waals surface area contributed by atoms with Gasteiger partial charge in [-0.15, -0.1) is 0 Å². The quantitative estimate of drug-likeness (QED) is 0.446. The van der Waals surface area contributed by atoms with Crippen molar-refractivity contribution in [2.75, 3.05) is 13.1 Å². The van der Waals surface area contributed by atoms with Gasteiger partial charge in [0.1, 0.15) is 18.0 Å². The molecule has 5 heteroatoms. The fourth-order valence-corrected chi connectivity index (χ4v) is 4.03. The summed E-state index contributed by atoms with van der Waals surface area (Å²) in [7, 11) is 0. The van der Waals surface area contributed by atoms with Gasteiger partial charge in [-0.3, -0.25) is 4.79 Å². The van der Waals surface area contributed by atoms with Crippen molar-refractivity contribution in [1.82, 2.24) is 14.3 Å². The van der Waals surface area contributed by atoms with E-state index in [2.05, 4.69) is 30.1 Å². The lowest BCUT2D eigenvalue weighted by molar-refractivity contribution is 0.0773. The Balaban J connectivity index is 1.19. The third-order valence-electron chi connectivity index (χ3n) is 5.78. The Morgan fingerprint density at radius 3 is 2.56 bits per heavy atom. The topological polar surface area (TPSA) is 46.8 Å². The summed E-state index contributed by atoms with van der Waals surface area (Å²) in [5.41, 5.74) is 6.17. The van der Waals surface area contributed by atoms with Gasteiger partial charge in [-0.2, -0.15) is 0 Å². The van der Waals surface area contributed by atoms with Gasteiger partial charge in [-0.1, -0.05) is 42.5 Å². The van der Waals surface area contributed by atoms with Crippen molar-refractivity contribution in [3.8, 4) is 5.75 Å². The summed E-state index contributed by atoms with van der Waals surface area (Å²) >= 11 is 0. The zero-order valence-electron chi connectivity index (χ0n) is 18.1. The molecule has 0 saturated carbocycles. The summed E-state index contributed by atoms with van der Waals surface area (Å²) in [6.45, 7) is 3.80. The SMILES string of the molecule is Cc1ccc2nc(COc3ccc(C(=O)N4CC=C(c5ccccc5)CC4)cc3)cn2c1. The van der Waals surface area contributed by atoms with Gasteiger partial charge >= 0.3 is 0 Å². The fraction of sp³-hybridized carbons (Fsp3) is 0.185. The highest BCUT2D eigenvalue weighted by molar-refractivity contribution is 5.95. The lowest BCUT2D eigenvalue weighted by Gasteiger charge is -2.27. The normalized spacial score (nSPS) is 13.8. The summed E-state index contributed by atoms with van der Waals surface area (Å²) in [5.74, 6) is 0.773. The van der Waals surface area contributed by atoms with Crippen LogP contribution in [0.4, 0.5) is 0 Å². The van der Waals surface area contributed by atoms with E-state index in [9.17, 15) is 4.79 Å². The van der Waals surface area contributed by atoms with E-state index in [-0.39, 0.29) is 5.91 Å². The van der Waals surface area contributed by atoms with Gasteiger partial charge in [-0.25, -0.2) is 4.98 Å². The number of fused-ring (bicyclic) bond motifs is 1. The molecule has 0 radical (unpaired) electrons. The first kappa shape index (κ1) is 20.1. The number of ether oxygens (including phenoxy) is 1. The molecule has 0 N–H and O–H groups in total. The van der Waals surface area contributed by atoms with Gasteiger partial charge in [0, 0.05) is 31.0 Å². The third kappa shape index (κ3) is 4.28. The standard InChI is InChI=1S/C27H25N3O2/c1-20-7-12-26-28-24(18-30(26)17-20)19-32-25-10-8-23(9-11-25)27(31)29-15-13-22(14-16-29)21-5-3-2-4-6-21/h2-13,17-18H,14-16,19H2,1H3. The van der Waals surface area contributed by atoms with Crippen molar-refractivity contribution in [2.24, 2.45) is 0 Å². The van der Waals surface area contributed by atoms with E-state index in [1.807, 2.05) is 76.3 Å². The molecule has 2 aromatic carbocycles. The Morgan fingerprint density at radius 2 is 1.81 bits per heavy atom. The van der Waals surface area contributed by atoms with E-state index in [4.69, 9.17) is 4.74 Å². The minimum Gasteiger partial charge on any atom is -0.487 e. The van der Waals surface area contributed by atoms with Crippen molar-refractivity contribution >= 4 is 17.1 Å². The van der Waals surface area contributed by atoms with Crippen molar-refractivity contribution in [1.29, 1.82) is 0 Å². The van der Waals surface area contributed by atoms with E-state index in [0.29, 0.717) is 18.7 Å². The minimum absolute atomic E-state index is 0.0515. The predicted octanol–water partition coefficient (Wildman–Crippen LogP) is 5.15. The number of carbonyl (C=O) groups is 1. The van der Waals surface area contributed by atoms with E-state index < -0.39 is 0 Å². The largest absolute Gasteiger partial charge is 0.487 e. The van der Waals surface area contributed by atoms with Crippen LogP contribution in [0, 0.1) is 6.92 Å². The second-order valence-corrected chi connectivity index (χ2v) is 8.11. The van der Waals surface area contributed by atoms with Crippen molar-refractivity contribution in [2.45, 2.75) is 20.0 Å². The molecule has 160 valence electrons. The number of amides is 1. The summed E-state index contributed by atoms with van der Waals surface area (Å²) in [4.78, 5) is 19.4. The van der Waals surface area contributed by atoms with Crippen molar-refractivity contribution in [3.05, 3.63) is 108 Å². The van der Waals surface area contributed by atoms with E-state index >= 15 is 0 Å². The van der Waals surface area contributed by atoms with Crippen molar-refractivity contribution < 1.29 is 9.53 Å². The van der Waals surface area contributed by atoms with Gasteiger partial charge < -0.3 is 14.0 Å². The summed E-state index contributed by atoms with van der Waals surface area (Å²) in [6, 6.07) is 21.8. The number of rotatable bonds is 5. The summed E-state index contributed by atoms with van der Waals surface area (Å²) < 4.78 is 7.89. The number of nitrogens with zero attached hydrogens (tertiary/aromatic N) is 3. The average molecular weight is 424 g/mol. The number of aryl methyl sites for hydroxylation is 1. The van der Waals surface area contributed by atoms with Crippen LogP contribution in [0.3, 0.4) is 0 Å². The lowest BCUT2D eigenvalue weighted by atomic mass is 9.99. The van der Waals surface area contributed by atoms with E-state index in [0.717, 1.165) is 30.1 Å². The first-order valence-electron chi connectivity index (χ1n) is 10.9. The minimum atomic E-state index is 0.0515. The maximum atomic E-state index is 12.9. The first-order chi connectivity index (χ1) is 15.7. The molecule has 2 aromatic heterocycles. The number of aromatic nitrogens is 2. The van der Waals surface area contributed by atoms with Crippen molar-refractivity contribution in [3.63, 3.8) is 0 Å². The van der Waals surface area contributed by atoms with Crippen LogP contribution in [0.5, 0.6) is 5.75 Å². The Morgan fingerprint density at radius 1 is 1.00 bits per heavy atom. The second kappa shape index (κ2) is 8.71. The molecule has 0 spiro atoms. The zero-order valence-corrected chi connectivity index (χ0v) is 18.1. The molecule has 0 aliphatic carbocycles. The highest BCUT2D eigenvalue weighted by atomic mass is 16.5. The van der Waals surface area contributed by atoms with Crippen LogP contribution in [0.1, 0.15) is 33.6 Å². The highest BCUT2D eigenvalue weighted by Gasteiger charge is 2.19. The number of benzene rings is 2. The smallest absolute Gasteiger partial charge is 0.254 e. The predicted molar refractivity (Wildman–Crippen MR) is 126 cm³/mol. The molecule has 0 fully saturated rings. The maximum Gasteiger partial charge on any atom is 0.254 e. The molecule has 5 rings (SSSR count). The van der Waals surface area contributed by atoms with Crippen LogP contribution in [0.25, 0.3) is 11.2 Å². The molecule has 1 aliphatic rings. The third-order valence-corrected chi connectivity index (χ3v) is 5.78. The summed E-state index contributed by atoms with van der Waals surface area (Å²) in [5, 5.41) is 0. The number of imidazole rings is 1. The molecule has 4 aromatic rings. The molecule has 0 atom stereocenters. The Kier molecular flexibility index (Phi) is 5.46. The zero-order chi connectivity index (χ0) is 21.9. The van der Waals surface area contributed by atoms with Gasteiger partial charge in [0.2, 0.25) is 0 Å². The molecular weight excluding hydrogens is 398 g/mol. The van der Waals surface area contributed by atoms with Gasteiger partial charge in [0.15, 0.2) is 0 Å². The number of hydrogen-bond donors (Lipinski definition) is 0. The fourth-order valence-electron chi connectivity index (χ4n) is 4.03. The monoisotopic (exact) mass is 423 g/mol. The van der Waals surface area contributed by atoms with Gasteiger partial charge in [0.25, 0.3) is 5.91 Å². The molecule has 32 heavy (non-hydrogen) atoms. The first-order valence-corrected chi connectivity index (χ1v) is 10.9. The molecule has 5 nitrogen and oxygen atoms in total. The molecule has 0 bridgehead atoms. The number of carbonyl (C=O) groups excluding carboxylic acids is 1. The molecule has 0 unspecified atom stereocenters. The van der Waals surface area contributed by atoms with Crippen LogP contribution in [-0.2, 0) is 6.61 Å². The molecule has 1 aliphatic heterocycles. The molecule has 3 heterocycles. The van der Waals surface area contributed by atoms with Crippen LogP contribution >= 0.6 is 0 Å². The summed E-state index contributed by atoms with van der Waals surface area (Å²) in [6.07, 6.45) is 7.05. The average Bonchev–Trinajstić information content (AvgIpc) is 3.25. The molecule has 1 amide bonds. The van der Waals surface area contributed by atoms with E-state index in [1.165, 1.54) is 16.7 Å². The molecular formula is C27H25N3O2. The van der Waals surface area contributed by atoms with Crippen LogP contribution in [0.2, 0.25) is 0 Å². The highest BCUT2D eigenvalue weighted by Crippen LogP contribution is 2.23. The van der Waals surface area contributed by atoms with Gasteiger partial charge in [0.05, 0.1) is 5.69 Å². The van der Waals surface area contributed by atoms with Crippen LogP contribution in [0.15, 0.2) is 85.2 Å². The Hall–Kier alpha value is -3.86. The van der Waals surface area contributed by atoms with E-state index in [1.54, 1.807) is 0 Å². The Labute approximate surface area is 187 Å². The van der Waals surface area contributed by atoms with Crippen LogP contribution < -0.4 is 4.74 Å². The second-order valence-electron chi connectivity index (χ2n) is 8.11. The number of hydrogen-bond acceptors (Lipinski definition) is 3. The number of pyridine rings is 1. The maximum absolute atomic E-state index is 12.9. The van der Waals surface area contributed by atoms with Gasteiger partial charge in [-0.05, 0) is 60.4 Å². The molecule has 0 saturated heterocycles. The van der Waals surface area contributed by atoms with Crippen LogP contribution in [-0.4, -0.2) is 33.3 Å². The Bertz CT molecular complexity index is 1270.